The summed E-state index contributed by atoms with van der Waals surface area (Å²) in [6.07, 6.45) is 3.55. The molecule has 1 saturated carbocycles. The van der Waals surface area contributed by atoms with E-state index in [4.69, 9.17) is 0 Å². The Hall–Kier alpha value is -1.65. The molecule has 1 aromatic heterocycles. The average Bonchev–Trinajstić information content (AvgIpc) is 3.06. The second kappa shape index (κ2) is 5.15. The molecular formula is C15H19N3O. The van der Waals surface area contributed by atoms with Crippen LogP contribution in [0.1, 0.15) is 30.2 Å². The predicted molar refractivity (Wildman–Crippen MR) is 73.4 cm³/mol. The SMILES string of the molecule is OC(c1ccccc1)C1(CNCc2ccn[nH]2)CC1. The van der Waals surface area contributed by atoms with Crippen molar-refractivity contribution in [1.82, 2.24) is 15.5 Å². The fourth-order valence-electron chi connectivity index (χ4n) is 2.53. The van der Waals surface area contributed by atoms with Crippen LogP contribution in [-0.2, 0) is 6.54 Å². The Labute approximate surface area is 112 Å². The first-order valence-corrected chi connectivity index (χ1v) is 6.72. The number of aromatic amines is 1. The third-order valence-electron chi connectivity index (χ3n) is 3.94. The van der Waals surface area contributed by atoms with Crippen LogP contribution >= 0.6 is 0 Å². The van der Waals surface area contributed by atoms with Gasteiger partial charge in [-0.2, -0.15) is 5.10 Å². The van der Waals surface area contributed by atoms with Gasteiger partial charge in [0.25, 0.3) is 0 Å². The molecule has 1 aliphatic carbocycles. The van der Waals surface area contributed by atoms with Crippen LogP contribution in [0.2, 0.25) is 0 Å². The summed E-state index contributed by atoms with van der Waals surface area (Å²) in [4.78, 5) is 0. The number of aliphatic hydroxyl groups is 1. The maximum Gasteiger partial charge on any atom is 0.0858 e. The number of hydrogen-bond acceptors (Lipinski definition) is 3. The third-order valence-corrected chi connectivity index (χ3v) is 3.94. The molecule has 0 aliphatic heterocycles. The number of hydrogen-bond donors (Lipinski definition) is 3. The van der Waals surface area contributed by atoms with Crippen molar-refractivity contribution < 1.29 is 5.11 Å². The van der Waals surface area contributed by atoms with Crippen molar-refractivity contribution in [3.63, 3.8) is 0 Å². The minimum absolute atomic E-state index is 0.0153. The number of aliphatic hydroxyl groups excluding tert-OH is 1. The molecule has 1 fully saturated rings. The molecular weight excluding hydrogens is 238 g/mol. The van der Waals surface area contributed by atoms with E-state index in [9.17, 15) is 5.11 Å². The van der Waals surface area contributed by atoms with Crippen molar-refractivity contribution in [1.29, 1.82) is 0 Å². The molecule has 3 rings (SSSR count). The van der Waals surface area contributed by atoms with Crippen LogP contribution in [0.15, 0.2) is 42.6 Å². The third kappa shape index (κ3) is 2.69. The largest absolute Gasteiger partial charge is 0.388 e. The van der Waals surface area contributed by atoms with Gasteiger partial charge < -0.3 is 10.4 Å². The molecule has 0 spiro atoms. The van der Waals surface area contributed by atoms with E-state index in [1.54, 1.807) is 6.20 Å². The number of benzene rings is 1. The summed E-state index contributed by atoms with van der Waals surface area (Å²) in [6, 6.07) is 11.9. The Kier molecular flexibility index (Phi) is 3.36. The summed E-state index contributed by atoms with van der Waals surface area (Å²) in [5.41, 5.74) is 2.11. The molecule has 3 N–H and O–H groups in total. The van der Waals surface area contributed by atoms with Crippen molar-refractivity contribution in [2.45, 2.75) is 25.5 Å². The molecule has 0 bridgehead atoms. The van der Waals surface area contributed by atoms with E-state index in [1.807, 2.05) is 36.4 Å². The minimum atomic E-state index is -0.372. The molecule has 4 heteroatoms. The van der Waals surface area contributed by atoms with E-state index >= 15 is 0 Å². The van der Waals surface area contributed by atoms with Crippen molar-refractivity contribution >= 4 is 0 Å². The molecule has 100 valence electrons. The monoisotopic (exact) mass is 257 g/mol. The predicted octanol–water partition coefficient (Wildman–Crippen LogP) is 2.01. The van der Waals surface area contributed by atoms with Crippen LogP contribution in [0.3, 0.4) is 0 Å². The Morgan fingerprint density at radius 1 is 1.26 bits per heavy atom. The number of nitrogens with one attached hydrogen (secondary N) is 2. The highest BCUT2D eigenvalue weighted by atomic mass is 16.3. The molecule has 19 heavy (non-hydrogen) atoms. The van der Waals surface area contributed by atoms with E-state index < -0.39 is 0 Å². The summed E-state index contributed by atoms with van der Waals surface area (Å²) in [7, 11) is 0. The zero-order valence-electron chi connectivity index (χ0n) is 10.8. The minimum Gasteiger partial charge on any atom is -0.388 e. The van der Waals surface area contributed by atoms with Crippen molar-refractivity contribution in [3.8, 4) is 0 Å². The second-order valence-corrected chi connectivity index (χ2v) is 5.36. The molecule has 2 aromatic rings. The lowest BCUT2D eigenvalue weighted by molar-refractivity contribution is 0.0917. The highest BCUT2D eigenvalue weighted by Gasteiger charge is 2.48. The van der Waals surface area contributed by atoms with Gasteiger partial charge in [-0.05, 0) is 24.5 Å². The van der Waals surface area contributed by atoms with Crippen LogP contribution in [0.25, 0.3) is 0 Å². The van der Waals surface area contributed by atoms with Gasteiger partial charge in [0.1, 0.15) is 0 Å². The lowest BCUT2D eigenvalue weighted by Crippen LogP contribution is -2.28. The van der Waals surface area contributed by atoms with Gasteiger partial charge in [0.15, 0.2) is 0 Å². The molecule has 1 atom stereocenters. The summed E-state index contributed by atoms with van der Waals surface area (Å²) in [5, 5.41) is 20.8. The molecule has 0 radical (unpaired) electrons. The second-order valence-electron chi connectivity index (χ2n) is 5.36. The van der Waals surface area contributed by atoms with Gasteiger partial charge in [-0.25, -0.2) is 0 Å². The van der Waals surface area contributed by atoms with Crippen molar-refractivity contribution in [2.24, 2.45) is 5.41 Å². The van der Waals surface area contributed by atoms with Gasteiger partial charge in [0.2, 0.25) is 0 Å². The van der Waals surface area contributed by atoms with E-state index in [1.165, 1.54) is 0 Å². The van der Waals surface area contributed by atoms with Crippen LogP contribution in [0, 0.1) is 5.41 Å². The summed E-state index contributed by atoms with van der Waals surface area (Å²) >= 11 is 0. The van der Waals surface area contributed by atoms with Gasteiger partial charge >= 0.3 is 0 Å². The van der Waals surface area contributed by atoms with E-state index in [0.717, 1.165) is 37.2 Å². The molecule has 0 saturated heterocycles. The van der Waals surface area contributed by atoms with E-state index in [2.05, 4.69) is 15.5 Å². The molecule has 4 nitrogen and oxygen atoms in total. The number of rotatable bonds is 6. The Balaban J connectivity index is 1.57. The van der Waals surface area contributed by atoms with Gasteiger partial charge in [-0.3, -0.25) is 5.10 Å². The standard InChI is InChI=1S/C15H19N3O/c19-14(12-4-2-1-3-5-12)15(7-8-15)11-16-10-13-6-9-17-18-13/h1-6,9,14,16,19H,7-8,10-11H2,(H,17,18). The number of nitrogens with zero attached hydrogens (tertiary/aromatic N) is 1. The van der Waals surface area contributed by atoms with E-state index in [0.29, 0.717) is 0 Å². The Morgan fingerprint density at radius 3 is 2.68 bits per heavy atom. The normalized spacial score (nSPS) is 18.2. The summed E-state index contributed by atoms with van der Waals surface area (Å²) in [6.45, 7) is 1.60. The average molecular weight is 257 g/mol. The van der Waals surface area contributed by atoms with Crippen LogP contribution in [0.5, 0.6) is 0 Å². The van der Waals surface area contributed by atoms with Crippen LogP contribution in [0.4, 0.5) is 0 Å². The van der Waals surface area contributed by atoms with Gasteiger partial charge in [0.05, 0.1) is 6.10 Å². The topological polar surface area (TPSA) is 60.9 Å². The molecule has 1 heterocycles. The number of aromatic nitrogens is 2. The lowest BCUT2D eigenvalue weighted by atomic mass is 9.92. The molecule has 1 aromatic carbocycles. The molecule has 0 amide bonds. The van der Waals surface area contributed by atoms with Crippen LogP contribution in [-0.4, -0.2) is 21.8 Å². The highest BCUT2D eigenvalue weighted by Crippen LogP contribution is 2.54. The first kappa shape index (κ1) is 12.4. The smallest absolute Gasteiger partial charge is 0.0858 e. The fourth-order valence-corrected chi connectivity index (χ4v) is 2.53. The quantitative estimate of drug-likeness (QED) is 0.742. The van der Waals surface area contributed by atoms with Crippen molar-refractivity contribution in [3.05, 3.63) is 53.9 Å². The Morgan fingerprint density at radius 2 is 2.05 bits per heavy atom. The highest BCUT2D eigenvalue weighted by molar-refractivity contribution is 5.22. The lowest BCUT2D eigenvalue weighted by Gasteiger charge is -2.23. The summed E-state index contributed by atoms with van der Waals surface area (Å²) in [5.74, 6) is 0. The van der Waals surface area contributed by atoms with Gasteiger partial charge in [0, 0.05) is 30.4 Å². The first-order chi connectivity index (χ1) is 9.30. The van der Waals surface area contributed by atoms with E-state index in [-0.39, 0.29) is 11.5 Å². The number of H-pyrrole nitrogens is 1. The molecule has 1 unspecified atom stereocenters. The summed E-state index contributed by atoms with van der Waals surface area (Å²) < 4.78 is 0. The zero-order valence-corrected chi connectivity index (χ0v) is 10.8. The van der Waals surface area contributed by atoms with Crippen LogP contribution < -0.4 is 5.32 Å². The first-order valence-electron chi connectivity index (χ1n) is 6.72. The fraction of sp³-hybridized carbons (Fsp3) is 0.400. The molecule has 1 aliphatic rings. The van der Waals surface area contributed by atoms with Crippen molar-refractivity contribution in [2.75, 3.05) is 6.54 Å². The van der Waals surface area contributed by atoms with Gasteiger partial charge in [-0.1, -0.05) is 30.3 Å². The van der Waals surface area contributed by atoms with Gasteiger partial charge in [-0.15, -0.1) is 0 Å². The maximum atomic E-state index is 10.5. The zero-order chi connectivity index (χ0) is 13.1. The maximum absolute atomic E-state index is 10.5. The Bertz CT molecular complexity index is 505.